The summed E-state index contributed by atoms with van der Waals surface area (Å²) in [5, 5.41) is 68.5. The standard InChI is InChI=1S/C20H22O9/c21-9-15-16(25)17(26)18(27)20(28-15)29-19-11(7-13(23)8-14(19)24)4-1-10-2-5-12(22)6-3-10/h1-8,15-18,20-27H,9H2/b4-1+/t15?,16-,17+,18-,20+/m1/s1. The Balaban J connectivity index is 1.89. The zero-order valence-corrected chi connectivity index (χ0v) is 15.2. The van der Waals surface area contributed by atoms with E-state index in [1.165, 1.54) is 24.3 Å². The van der Waals surface area contributed by atoms with Crippen LogP contribution in [0.3, 0.4) is 0 Å². The molecular formula is C20H22O9. The average Bonchev–Trinajstić information content (AvgIpc) is 2.69. The molecule has 0 bridgehead atoms. The first kappa shape index (κ1) is 20.9. The molecule has 9 nitrogen and oxygen atoms in total. The number of phenolic OH excluding ortho intramolecular Hbond substituents is 3. The molecule has 1 saturated heterocycles. The lowest BCUT2D eigenvalue weighted by molar-refractivity contribution is -0.277. The van der Waals surface area contributed by atoms with E-state index in [0.29, 0.717) is 5.56 Å². The quantitative estimate of drug-likeness (QED) is 0.343. The highest BCUT2D eigenvalue weighted by Crippen LogP contribution is 2.38. The van der Waals surface area contributed by atoms with Crippen LogP contribution in [0.1, 0.15) is 11.1 Å². The molecule has 9 heteroatoms. The fourth-order valence-corrected chi connectivity index (χ4v) is 2.92. The molecule has 0 amide bonds. The zero-order chi connectivity index (χ0) is 21.1. The second kappa shape index (κ2) is 8.68. The second-order valence-corrected chi connectivity index (χ2v) is 6.62. The number of hydrogen-bond donors (Lipinski definition) is 7. The van der Waals surface area contributed by atoms with Crippen molar-refractivity contribution >= 4 is 12.2 Å². The predicted octanol–water partition coefficient (Wildman–Crippen LogP) is 0.152. The summed E-state index contributed by atoms with van der Waals surface area (Å²) in [5.74, 6) is -0.743. The van der Waals surface area contributed by atoms with E-state index in [4.69, 9.17) is 9.47 Å². The smallest absolute Gasteiger partial charge is 0.229 e. The normalized spacial score (nSPS) is 27.2. The Morgan fingerprint density at radius 2 is 1.55 bits per heavy atom. The van der Waals surface area contributed by atoms with Crippen molar-refractivity contribution in [1.29, 1.82) is 0 Å². The van der Waals surface area contributed by atoms with Gasteiger partial charge in [-0.3, -0.25) is 0 Å². The minimum atomic E-state index is -1.66. The molecule has 1 aliphatic rings. The molecule has 156 valence electrons. The maximum Gasteiger partial charge on any atom is 0.229 e. The average molecular weight is 406 g/mol. The molecule has 1 unspecified atom stereocenters. The molecule has 1 heterocycles. The summed E-state index contributed by atoms with van der Waals surface area (Å²) < 4.78 is 10.8. The Bertz CT molecular complexity index is 863. The van der Waals surface area contributed by atoms with Crippen molar-refractivity contribution in [3.63, 3.8) is 0 Å². The number of rotatable bonds is 5. The van der Waals surface area contributed by atoms with Crippen LogP contribution in [0.25, 0.3) is 12.2 Å². The van der Waals surface area contributed by atoms with Crippen LogP contribution in [-0.4, -0.2) is 73.1 Å². The molecule has 2 aromatic rings. The van der Waals surface area contributed by atoms with Gasteiger partial charge in [-0.25, -0.2) is 0 Å². The molecule has 1 fully saturated rings. The van der Waals surface area contributed by atoms with Gasteiger partial charge in [-0.2, -0.15) is 0 Å². The number of hydrogen-bond acceptors (Lipinski definition) is 9. The molecular weight excluding hydrogens is 384 g/mol. The lowest BCUT2D eigenvalue weighted by atomic mass is 9.99. The van der Waals surface area contributed by atoms with Crippen LogP contribution in [0.15, 0.2) is 36.4 Å². The minimum absolute atomic E-state index is 0.101. The first-order valence-electron chi connectivity index (χ1n) is 8.80. The summed E-state index contributed by atoms with van der Waals surface area (Å²) in [4.78, 5) is 0. The van der Waals surface area contributed by atoms with Gasteiger partial charge in [0.1, 0.15) is 35.9 Å². The summed E-state index contributed by atoms with van der Waals surface area (Å²) in [5.41, 5.74) is 0.942. The summed E-state index contributed by atoms with van der Waals surface area (Å²) in [7, 11) is 0. The molecule has 5 atom stereocenters. The highest BCUT2D eigenvalue weighted by atomic mass is 16.7. The van der Waals surface area contributed by atoms with Crippen molar-refractivity contribution in [2.75, 3.05) is 6.61 Å². The Kier molecular flexibility index (Phi) is 6.26. The fraction of sp³-hybridized carbons (Fsp3) is 0.300. The Morgan fingerprint density at radius 1 is 0.862 bits per heavy atom. The third-order valence-electron chi connectivity index (χ3n) is 4.51. The largest absolute Gasteiger partial charge is 0.508 e. The maximum atomic E-state index is 10.2. The number of phenols is 3. The molecule has 2 aromatic carbocycles. The topological polar surface area (TPSA) is 160 Å². The van der Waals surface area contributed by atoms with Gasteiger partial charge in [0, 0.05) is 11.6 Å². The van der Waals surface area contributed by atoms with E-state index in [9.17, 15) is 35.7 Å². The van der Waals surface area contributed by atoms with Gasteiger partial charge in [0.2, 0.25) is 6.29 Å². The van der Waals surface area contributed by atoms with Crippen molar-refractivity contribution in [3.8, 4) is 23.0 Å². The van der Waals surface area contributed by atoms with Crippen LogP contribution in [0.2, 0.25) is 0 Å². The highest BCUT2D eigenvalue weighted by molar-refractivity contribution is 5.75. The van der Waals surface area contributed by atoms with Crippen LogP contribution >= 0.6 is 0 Å². The van der Waals surface area contributed by atoms with E-state index in [1.54, 1.807) is 18.2 Å². The van der Waals surface area contributed by atoms with Gasteiger partial charge in [0.25, 0.3) is 0 Å². The number of aliphatic hydroxyl groups is 4. The molecule has 0 aromatic heterocycles. The molecule has 7 N–H and O–H groups in total. The van der Waals surface area contributed by atoms with E-state index in [1.807, 2.05) is 0 Å². The van der Waals surface area contributed by atoms with E-state index in [0.717, 1.165) is 6.07 Å². The SMILES string of the molecule is OCC1O[C@@H](Oc2c(O)cc(O)cc2/C=C/c2ccc(O)cc2)[C@H](O)[C@@H](O)[C@@H]1O. The minimum Gasteiger partial charge on any atom is -0.508 e. The first-order chi connectivity index (χ1) is 13.8. The molecule has 0 radical (unpaired) electrons. The molecule has 1 aliphatic heterocycles. The van der Waals surface area contributed by atoms with Crippen LogP contribution in [0.5, 0.6) is 23.0 Å². The van der Waals surface area contributed by atoms with E-state index in [-0.39, 0.29) is 22.8 Å². The van der Waals surface area contributed by atoms with Crippen LogP contribution in [0.4, 0.5) is 0 Å². The van der Waals surface area contributed by atoms with Crippen molar-refractivity contribution in [2.45, 2.75) is 30.7 Å². The zero-order valence-electron chi connectivity index (χ0n) is 15.2. The Morgan fingerprint density at radius 3 is 2.21 bits per heavy atom. The third kappa shape index (κ3) is 4.61. The summed E-state index contributed by atoms with van der Waals surface area (Å²) >= 11 is 0. The van der Waals surface area contributed by atoms with Crippen LogP contribution in [0, 0.1) is 0 Å². The summed E-state index contributed by atoms with van der Waals surface area (Å²) in [6, 6.07) is 8.60. The lowest BCUT2D eigenvalue weighted by Crippen LogP contribution is -2.60. The van der Waals surface area contributed by atoms with Gasteiger partial charge in [-0.1, -0.05) is 24.3 Å². The van der Waals surface area contributed by atoms with E-state index >= 15 is 0 Å². The highest BCUT2D eigenvalue weighted by Gasteiger charge is 2.45. The monoisotopic (exact) mass is 406 g/mol. The fourth-order valence-electron chi connectivity index (χ4n) is 2.92. The Hall–Kier alpha value is -2.82. The second-order valence-electron chi connectivity index (χ2n) is 6.62. The van der Waals surface area contributed by atoms with Crippen molar-refractivity contribution in [3.05, 3.63) is 47.5 Å². The van der Waals surface area contributed by atoms with Gasteiger partial charge in [0.05, 0.1) is 6.61 Å². The Labute approximate surface area is 165 Å². The van der Waals surface area contributed by atoms with Crippen LogP contribution in [-0.2, 0) is 4.74 Å². The summed E-state index contributed by atoms with van der Waals surface area (Å²) in [6.07, 6.45) is -4.36. The van der Waals surface area contributed by atoms with Gasteiger partial charge in [0.15, 0.2) is 11.5 Å². The van der Waals surface area contributed by atoms with E-state index < -0.39 is 43.1 Å². The lowest BCUT2D eigenvalue weighted by Gasteiger charge is -2.39. The molecule has 29 heavy (non-hydrogen) atoms. The first-order valence-corrected chi connectivity index (χ1v) is 8.80. The maximum absolute atomic E-state index is 10.2. The van der Waals surface area contributed by atoms with Gasteiger partial charge in [-0.05, 0) is 23.8 Å². The van der Waals surface area contributed by atoms with Gasteiger partial charge < -0.3 is 45.2 Å². The molecule has 0 spiro atoms. The predicted molar refractivity (Wildman–Crippen MR) is 101 cm³/mol. The molecule has 0 aliphatic carbocycles. The van der Waals surface area contributed by atoms with Gasteiger partial charge in [-0.15, -0.1) is 0 Å². The molecule has 3 rings (SSSR count). The molecule has 0 saturated carbocycles. The number of ether oxygens (including phenoxy) is 2. The third-order valence-corrected chi connectivity index (χ3v) is 4.51. The number of aromatic hydroxyl groups is 3. The number of benzene rings is 2. The van der Waals surface area contributed by atoms with Crippen LogP contribution < -0.4 is 4.74 Å². The summed E-state index contributed by atoms with van der Waals surface area (Å²) in [6.45, 7) is -0.625. The van der Waals surface area contributed by atoms with Crippen molar-refractivity contribution in [2.24, 2.45) is 0 Å². The van der Waals surface area contributed by atoms with Crippen molar-refractivity contribution < 1.29 is 45.2 Å². The van der Waals surface area contributed by atoms with E-state index in [2.05, 4.69) is 0 Å². The van der Waals surface area contributed by atoms with Gasteiger partial charge >= 0.3 is 0 Å². The van der Waals surface area contributed by atoms with Crippen molar-refractivity contribution in [1.82, 2.24) is 0 Å². The number of aliphatic hydroxyl groups excluding tert-OH is 4.